The molecule has 0 bridgehead atoms. The Morgan fingerprint density at radius 3 is 2.17 bits per heavy atom. The fourth-order valence-corrected chi connectivity index (χ4v) is 3.39. The van der Waals surface area contributed by atoms with Gasteiger partial charge < -0.3 is 24.8 Å². The molecular formula is C15H28NO7P. The van der Waals surface area contributed by atoms with Crippen LogP contribution in [0, 0.1) is 5.92 Å². The fraction of sp³-hybridized carbons (Fsp3) is 0.867. The SMILES string of the molecule is [2H]C(O)P(=O)(O)C[C@@H]1C[C@@]1(NC(=O)OC(C)(C)C)C(=O)OC(C)(C)C. The van der Waals surface area contributed by atoms with Gasteiger partial charge in [0.15, 0.2) is 0 Å². The number of ether oxygens (including phenoxy) is 2. The van der Waals surface area contributed by atoms with Crippen LogP contribution in [0.1, 0.15) is 49.3 Å². The third-order valence-corrected chi connectivity index (χ3v) is 4.58. The number of hydrogen-bond acceptors (Lipinski definition) is 6. The zero-order valence-corrected chi connectivity index (χ0v) is 15.8. The average Bonchev–Trinajstić information content (AvgIpc) is 2.96. The summed E-state index contributed by atoms with van der Waals surface area (Å²) < 4.78 is 29.4. The monoisotopic (exact) mass is 366 g/mol. The molecular weight excluding hydrogens is 337 g/mol. The first-order chi connectivity index (χ1) is 11.0. The van der Waals surface area contributed by atoms with Crippen LogP contribution < -0.4 is 5.32 Å². The van der Waals surface area contributed by atoms with Crippen LogP contribution >= 0.6 is 7.37 Å². The van der Waals surface area contributed by atoms with E-state index in [1.54, 1.807) is 41.5 Å². The molecule has 0 aromatic rings. The number of carbonyl (C=O) groups excluding carboxylic acids is 2. The van der Waals surface area contributed by atoms with E-state index in [0.717, 1.165) is 0 Å². The van der Waals surface area contributed by atoms with Gasteiger partial charge in [0.05, 0.1) is 1.37 Å². The van der Waals surface area contributed by atoms with Crippen LogP contribution in [0.4, 0.5) is 4.79 Å². The lowest BCUT2D eigenvalue weighted by molar-refractivity contribution is -0.159. The average molecular weight is 366 g/mol. The number of carbonyl (C=O) groups is 2. The lowest BCUT2D eigenvalue weighted by Crippen LogP contribution is -2.49. The molecule has 1 fully saturated rings. The predicted molar refractivity (Wildman–Crippen MR) is 87.8 cm³/mol. The van der Waals surface area contributed by atoms with Crippen LogP contribution in [-0.4, -0.2) is 51.3 Å². The van der Waals surface area contributed by atoms with E-state index < -0.39 is 54.6 Å². The summed E-state index contributed by atoms with van der Waals surface area (Å²) in [5, 5.41) is 11.6. The molecule has 1 aliphatic carbocycles. The Hall–Kier alpha value is -1.11. The van der Waals surface area contributed by atoms with Crippen LogP contribution in [0.3, 0.4) is 0 Å². The van der Waals surface area contributed by atoms with Gasteiger partial charge in [-0.1, -0.05) is 0 Å². The van der Waals surface area contributed by atoms with Gasteiger partial charge in [-0.15, -0.1) is 0 Å². The summed E-state index contributed by atoms with van der Waals surface area (Å²) in [5.41, 5.74) is -3.10. The Labute approximate surface area is 143 Å². The van der Waals surface area contributed by atoms with Crippen molar-refractivity contribution in [3.8, 4) is 0 Å². The smallest absolute Gasteiger partial charge is 0.408 e. The van der Waals surface area contributed by atoms with Gasteiger partial charge in [0.25, 0.3) is 0 Å². The molecule has 1 aliphatic rings. The maximum Gasteiger partial charge on any atom is 0.408 e. The van der Waals surface area contributed by atoms with E-state index in [1.807, 2.05) is 0 Å². The van der Waals surface area contributed by atoms with E-state index in [2.05, 4.69) is 5.32 Å². The zero-order valence-electron chi connectivity index (χ0n) is 16.0. The highest BCUT2D eigenvalue weighted by Crippen LogP contribution is 2.54. The highest BCUT2D eigenvalue weighted by atomic mass is 31.2. The molecule has 24 heavy (non-hydrogen) atoms. The third-order valence-electron chi connectivity index (χ3n) is 3.25. The normalized spacial score (nSPS) is 28.2. The molecule has 1 amide bonds. The molecule has 0 radical (unpaired) electrons. The van der Waals surface area contributed by atoms with Crippen molar-refractivity contribution in [1.29, 1.82) is 0 Å². The van der Waals surface area contributed by atoms with E-state index in [4.69, 9.17) is 16.0 Å². The summed E-state index contributed by atoms with van der Waals surface area (Å²) in [7, 11) is -4.19. The molecule has 9 heteroatoms. The first-order valence-corrected chi connectivity index (χ1v) is 9.56. The van der Waals surface area contributed by atoms with Gasteiger partial charge >= 0.3 is 12.1 Å². The molecule has 3 N–H and O–H groups in total. The first kappa shape index (κ1) is 19.2. The van der Waals surface area contributed by atoms with Crippen molar-refractivity contribution in [2.45, 2.75) is 64.7 Å². The largest absolute Gasteiger partial charge is 0.458 e. The van der Waals surface area contributed by atoms with E-state index in [-0.39, 0.29) is 6.42 Å². The van der Waals surface area contributed by atoms with Gasteiger partial charge in [-0.05, 0) is 48.0 Å². The number of aliphatic hydroxyl groups excluding tert-OH is 1. The number of nitrogens with one attached hydrogen (secondary N) is 1. The van der Waals surface area contributed by atoms with Crippen LogP contribution in [0.15, 0.2) is 0 Å². The molecule has 8 nitrogen and oxygen atoms in total. The Morgan fingerprint density at radius 1 is 1.25 bits per heavy atom. The highest BCUT2D eigenvalue weighted by molar-refractivity contribution is 7.57. The molecule has 0 aromatic heterocycles. The highest BCUT2D eigenvalue weighted by Gasteiger charge is 2.64. The van der Waals surface area contributed by atoms with Crippen molar-refractivity contribution in [2.75, 3.05) is 12.5 Å². The van der Waals surface area contributed by atoms with Gasteiger partial charge in [0.2, 0.25) is 7.37 Å². The van der Waals surface area contributed by atoms with Gasteiger partial charge in [0.1, 0.15) is 23.1 Å². The molecule has 0 spiro atoms. The number of rotatable bonds is 5. The van der Waals surface area contributed by atoms with Crippen molar-refractivity contribution in [3.05, 3.63) is 0 Å². The van der Waals surface area contributed by atoms with Crippen molar-refractivity contribution in [3.63, 3.8) is 0 Å². The molecule has 2 unspecified atom stereocenters. The minimum absolute atomic E-state index is 0.0679. The zero-order chi connectivity index (χ0) is 19.8. The third kappa shape index (κ3) is 6.07. The van der Waals surface area contributed by atoms with Crippen molar-refractivity contribution >= 4 is 19.4 Å². The Balaban J connectivity index is 2.97. The topological polar surface area (TPSA) is 122 Å². The molecule has 0 aromatic carbocycles. The maximum atomic E-state index is 12.5. The minimum atomic E-state index is -4.19. The van der Waals surface area contributed by atoms with E-state index in [0.29, 0.717) is 0 Å². The van der Waals surface area contributed by atoms with Crippen LogP contribution in [0.5, 0.6) is 0 Å². The number of hydrogen-bond donors (Lipinski definition) is 3. The quantitative estimate of drug-likeness (QED) is 0.501. The minimum Gasteiger partial charge on any atom is -0.458 e. The first-order valence-electron chi connectivity index (χ1n) is 8.23. The van der Waals surface area contributed by atoms with E-state index in [9.17, 15) is 19.0 Å². The van der Waals surface area contributed by atoms with Crippen LogP contribution in [-0.2, 0) is 18.8 Å². The van der Waals surface area contributed by atoms with E-state index in [1.165, 1.54) is 0 Å². The maximum absolute atomic E-state index is 12.5. The number of amides is 1. The van der Waals surface area contributed by atoms with Gasteiger partial charge in [0, 0.05) is 12.1 Å². The summed E-state index contributed by atoms with van der Waals surface area (Å²) in [6.07, 6.45) is -3.42. The standard InChI is InChI=1S/C15H28NO7P/c1-13(2,3)22-11(18)15(16-12(19)23-14(4,5)6)7-10(15)8-24(20,21)9-17/h10,17H,7-9H2,1-6H3,(H,16,19)(H,20,21)/t10-,15-/m0/s1/i9D/t9?,10-,15-. The summed E-state index contributed by atoms with van der Waals surface area (Å²) >= 11 is 0. The molecule has 140 valence electrons. The predicted octanol–water partition coefficient (Wildman–Crippen LogP) is 1.83. The molecule has 1 saturated carbocycles. The van der Waals surface area contributed by atoms with Gasteiger partial charge in [-0.3, -0.25) is 4.57 Å². The van der Waals surface area contributed by atoms with Crippen molar-refractivity contribution in [1.82, 2.24) is 5.32 Å². The second-order valence-corrected chi connectivity index (χ2v) is 10.2. The summed E-state index contributed by atoms with van der Waals surface area (Å²) in [4.78, 5) is 34.3. The molecule has 0 saturated heterocycles. The molecule has 1 rings (SSSR count). The van der Waals surface area contributed by atoms with Crippen LogP contribution in [0.25, 0.3) is 0 Å². The number of aliphatic hydroxyl groups is 1. The summed E-state index contributed by atoms with van der Waals surface area (Å²) in [6, 6.07) is 0. The lowest BCUT2D eigenvalue weighted by Gasteiger charge is -2.27. The molecule has 4 atom stereocenters. The molecule has 0 heterocycles. The molecule has 0 aliphatic heterocycles. The summed E-state index contributed by atoms with van der Waals surface area (Å²) in [5.74, 6) is -1.47. The lowest BCUT2D eigenvalue weighted by atomic mass is 10.1. The van der Waals surface area contributed by atoms with Crippen molar-refractivity contribution in [2.24, 2.45) is 5.92 Å². The van der Waals surface area contributed by atoms with Crippen molar-refractivity contribution < 1.29 is 35.0 Å². The van der Waals surface area contributed by atoms with Gasteiger partial charge in [-0.2, -0.15) is 0 Å². The van der Waals surface area contributed by atoms with Gasteiger partial charge in [-0.25, -0.2) is 9.59 Å². The fourth-order valence-electron chi connectivity index (χ4n) is 2.22. The second-order valence-electron chi connectivity index (χ2n) is 8.05. The Kier molecular flexibility index (Phi) is 5.33. The number of esters is 1. The van der Waals surface area contributed by atoms with E-state index >= 15 is 0 Å². The van der Waals surface area contributed by atoms with Crippen LogP contribution in [0.2, 0.25) is 0 Å². The second kappa shape index (κ2) is 6.65. The number of alkyl carbamates (subject to hydrolysis) is 1. The Morgan fingerprint density at radius 2 is 1.75 bits per heavy atom. The summed E-state index contributed by atoms with van der Waals surface area (Å²) in [6.45, 7) is 9.97. The Bertz CT molecular complexity index is 581.